The van der Waals surface area contributed by atoms with E-state index in [1.54, 1.807) is 6.07 Å². The van der Waals surface area contributed by atoms with Gasteiger partial charge in [0, 0.05) is 29.8 Å². The Morgan fingerprint density at radius 2 is 2.00 bits per heavy atom. The number of aryl methyl sites for hydroxylation is 1. The van der Waals surface area contributed by atoms with Crippen molar-refractivity contribution >= 4 is 22.6 Å². The summed E-state index contributed by atoms with van der Waals surface area (Å²) in [4.78, 5) is 23.4. The third-order valence-corrected chi connectivity index (χ3v) is 4.28. The highest BCUT2D eigenvalue weighted by molar-refractivity contribution is 5.83. The fourth-order valence-electron chi connectivity index (χ4n) is 2.26. The molecule has 0 amide bonds. The highest BCUT2D eigenvalue weighted by atomic mass is 16.5. The number of hydrogen-bond donors (Lipinski definition) is 1. The van der Waals surface area contributed by atoms with Gasteiger partial charge in [-0.1, -0.05) is 27.7 Å². The van der Waals surface area contributed by atoms with Crippen LogP contribution in [0.2, 0.25) is 0 Å². The van der Waals surface area contributed by atoms with Crippen molar-refractivity contribution in [1.82, 2.24) is 0 Å². The third kappa shape index (κ3) is 4.37. The molecule has 1 aromatic carbocycles. The zero-order chi connectivity index (χ0) is 17.9. The van der Waals surface area contributed by atoms with Crippen molar-refractivity contribution in [2.45, 2.75) is 34.6 Å². The second kappa shape index (κ2) is 7.07. The minimum absolute atomic E-state index is 0.113. The van der Waals surface area contributed by atoms with E-state index in [-0.39, 0.29) is 29.5 Å². The van der Waals surface area contributed by atoms with E-state index in [0.29, 0.717) is 12.1 Å². The summed E-state index contributed by atoms with van der Waals surface area (Å²) in [6, 6.07) is 7.08. The molecule has 0 radical (unpaired) electrons. The summed E-state index contributed by atoms with van der Waals surface area (Å²) < 4.78 is 10.5. The number of carbonyl (C=O) groups excluding carboxylic acids is 1. The zero-order valence-electron chi connectivity index (χ0n) is 14.9. The van der Waals surface area contributed by atoms with Gasteiger partial charge in [-0.3, -0.25) is 4.79 Å². The minimum atomic E-state index is -0.359. The molecule has 2 rings (SSSR count). The summed E-state index contributed by atoms with van der Waals surface area (Å²) in [5, 5.41) is 4.08. The van der Waals surface area contributed by atoms with Gasteiger partial charge in [0.1, 0.15) is 12.2 Å². The first-order valence-electron chi connectivity index (χ1n) is 8.13. The number of carbonyl (C=O) groups is 1. The number of esters is 1. The molecule has 1 heterocycles. The van der Waals surface area contributed by atoms with E-state index in [0.717, 1.165) is 16.6 Å². The van der Waals surface area contributed by atoms with Crippen LogP contribution in [-0.4, -0.2) is 19.1 Å². The van der Waals surface area contributed by atoms with Gasteiger partial charge in [0.2, 0.25) is 0 Å². The second-order valence-corrected chi connectivity index (χ2v) is 7.14. The number of hydrogen-bond acceptors (Lipinski definition) is 5. The molecule has 5 heteroatoms. The number of anilines is 1. The van der Waals surface area contributed by atoms with Gasteiger partial charge < -0.3 is 14.5 Å². The Morgan fingerprint density at radius 3 is 2.67 bits per heavy atom. The van der Waals surface area contributed by atoms with Crippen LogP contribution >= 0.6 is 0 Å². The van der Waals surface area contributed by atoms with Crippen molar-refractivity contribution in [1.29, 1.82) is 0 Å². The Bertz CT molecular complexity index is 786. The van der Waals surface area contributed by atoms with E-state index in [4.69, 9.17) is 9.15 Å². The molecule has 5 nitrogen and oxygen atoms in total. The number of fused-ring (bicyclic) bond motifs is 1. The van der Waals surface area contributed by atoms with E-state index >= 15 is 0 Å². The lowest BCUT2D eigenvalue weighted by molar-refractivity contribution is -0.151. The van der Waals surface area contributed by atoms with Gasteiger partial charge >= 0.3 is 11.6 Å². The predicted octanol–water partition coefficient (Wildman–Crippen LogP) is 3.74. The van der Waals surface area contributed by atoms with Crippen LogP contribution in [0.3, 0.4) is 0 Å². The van der Waals surface area contributed by atoms with Gasteiger partial charge in [0.05, 0.1) is 5.92 Å². The molecule has 1 aromatic heterocycles. The molecule has 0 fully saturated rings. The summed E-state index contributed by atoms with van der Waals surface area (Å²) in [5.74, 6) is -0.347. The molecule has 2 aromatic rings. The van der Waals surface area contributed by atoms with Crippen molar-refractivity contribution in [2.24, 2.45) is 11.3 Å². The van der Waals surface area contributed by atoms with Crippen LogP contribution in [0.5, 0.6) is 0 Å². The number of rotatable bonds is 5. The molecular weight excluding hydrogens is 306 g/mol. The maximum atomic E-state index is 12.0. The monoisotopic (exact) mass is 331 g/mol. The van der Waals surface area contributed by atoms with Crippen LogP contribution in [0, 0.1) is 18.3 Å². The van der Waals surface area contributed by atoms with Crippen molar-refractivity contribution in [3.63, 3.8) is 0 Å². The lowest BCUT2D eigenvalue weighted by atomic mass is 9.82. The molecule has 1 atom stereocenters. The van der Waals surface area contributed by atoms with Crippen LogP contribution in [0.1, 0.15) is 33.3 Å². The SMILES string of the molecule is Cc1cc(=O)oc2cc(NCCOC(=O)C(C)C(C)(C)C)ccc12. The summed E-state index contributed by atoms with van der Waals surface area (Å²) in [6.07, 6.45) is 0. The van der Waals surface area contributed by atoms with Gasteiger partial charge in [0.25, 0.3) is 0 Å². The van der Waals surface area contributed by atoms with E-state index < -0.39 is 0 Å². The van der Waals surface area contributed by atoms with E-state index in [2.05, 4.69) is 5.32 Å². The Morgan fingerprint density at radius 1 is 1.29 bits per heavy atom. The first-order valence-corrected chi connectivity index (χ1v) is 8.13. The molecule has 0 aliphatic rings. The van der Waals surface area contributed by atoms with Gasteiger partial charge in [-0.05, 0) is 30.0 Å². The van der Waals surface area contributed by atoms with Crippen molar-refractivity contribution in [2.75, 3.05) is 18.5 Å². The van der Waals surface area contributed by atoms with Crippen molar-refractivity contribution in [3.05, 3.63) is 40.2 Å². The molecule has 130 valence electrons. The average Bonchev–Trinajstić information content (AvgIpc) is 2.49. The fourth-order valence-corrected chi connectivity index (χ4v) is 2.26. The largest absolute Gasteiger partial charge is 0.464 e. The molecule has 0 saturated carbocycles. The van der Waals surface area contributed by atoms with Crippen LogP contribution in [0.25, 0.3) is 11.0 Å². The molecule has 1 N–H and O–H groups in total. The topological polar surface area (TPSA) is 68.5 Å². The first-order chi connectivity index (χ1) is 11.2. The van der Waals surface area contributed by atoms with Crippen molar-refractivity contribution in [3.8, 4) is 0 Å². The maximum absolute atomic E-state index is 12.0. The molecule has 0 aliphatic heterocycles. The molecule has 0 aliphatic carbocycles. The van der Waals surface area contributed by atoms with E-state index in [9.17, 15) is 9.59 Å². The second-order valence-electron chi connectivity index (χ2n) is 7.14. The highest BCUT2D eigenvalue weighted by Gasteiger charge is 2.27. The fraction of sp³-hybridized carbons (Fsp3) is 0.474. The molecule has 1 unspecified atom stereocenters. The smallest absolute Gasteiger partial charge is 0.336 e. The summed E-state index contributed by atoms with van der Waals surface area (Å²) in [6.45, 7) is 10.6. The van der Waals surface area contributed by atoms with Gasteiger partial charge in [-0.25, -0.2) is 4.79 Å². The number of benzene rings is 1. The Balaban J connectivity index is 1.92. The summed E-state index contributed by atoms with van der Waals surface area (Å²) >= 11 is 0. The quantitative estimate of drug-likeness (QED) is 0.513. The van der Waals surface area contributed by atoms with E-state index in [1.807, 2.05) is 46.8 Å². The first kappa shape index (κ1) is 18.0. The average molecular weight is 331 g/mol. The number of nitrogens with one attached hydrogen (secondary N) is 1. The third-order valence-electron chi connectivity index (χ3n) is 4.28. The van der Waals surface area contributed by atoms with Crippen molar-refractivity contribution < 1.29 is 13.9 Å². The molecule has 0 spiro atoms. The predicted molar refractivity (Wildman–Crippen MR) is 95.3 cm³/mol. The number of ether oxygens (including phenoxy) is 1. The van der Waals surface area contributed by atoms with Gasteiger partial charge in [-0.2, -0.15) is 0 Å². The molecule has 0 bridgehead atoms. The normalized spacial score (nSPS) is 12.9. The summed E-state index contributed by atoms with van der Waals surface area (Å²) in [7, 11) is 0. The Kier molecular flexibility index (Phi) is 5.32. The Labute approximate surface area is 142 Å². The molecule has 0 saturated heterocycles. The maximum Gasteiger partial charge on any atom is 0.336 e. The van der Waals surface area contributed by atoms with Gasteiger partial charge in [-0.15, -0.1) is 0 Å². The molecule has 24 heavy (non-hydrogen) atoms. The zero-order valence-corrected chi connectivity index (χ0v) is 14.9. The van der Waals surface area contributed by atoms with Gasteiger partial charge in [0.15, 0.2) is 0 Å². The lowest BCUT2D eigenvalue weighted by Crippen LogP contribution is -2.28. The van der Waals surface area contributed by atoms with Crippen LogP contribution in [0.15, 0.2) is 33.5 Å². The molecular formula is C19H25NO4. The highest BCUT2D eigenvalue weighted by Crippen LogP contribution is 2.26. The minimum Gasteiger partial charge on any atom is -0.464 e. The van der Waals surface area contributed by atoms with E-state index in [1.165, 1.54) is 6.07 Å². The van der Waals surface area contributed by atoms with Crippen LogP contribution in [0.4, 0.5) is 5.69 Å². The lowest BCUT2D eigenvalue weighted by Gasteiger charge is -2.25. The Hall–Kier alpha value is -2.30. The van der Waals surface area contributed by atoms with Crippen LogP contribution < -0.4 is 10.9 Å². The summed E-state index contributed by atoms with van der Waals surface area (Å²) in [5.41, 5.74) is 1.78. The standard InChI is InChI=1S/C19H25NO4/c1-12-10-17(21)24-16-11-14(6-7-15(12)16)20-8-9-23-18(22)13(2)19(3,4)5/h6-7,10-11,13,20H,8-9H2,1-5H3. The van der Waals surface area contributed by atoms with Crippen LogP contribution in [-0.2, 0) is 9.53 Å².